The van der Waals surface area contributed by atoms with Crippen LogP contribution in [0.5, 0.6) is 0 Å². The predicted molar refractivity (Wildman–Crippen MR) is 27.0 cm³/mol. The minimum absolute atomic E-state index is 0. The van der Waals surface area contributed by atoms with Gasteiger partial charge in [-0.05, 0) is 6.92 Å². The Hall–Kier alpha value is -0.665. The molecule has 0 bridgehead atoms. The first-order chi connectivity index (χ1) is 2.77. The van der Waals surface area contributed by atoms with E-state index in [0.29, 0.717) is 6.61 Å². The van der Waals surface area contributed by atoms with Gasteiger partial charge in [0.15, 0.2) is 0 Å². The van der Waals surface area contributed by atoms with Gasteiger partial charge in [-0.25, -0.2) is 4.79 Å². The highest BCUT2D eigenvalue weighted by molar-refractivity contribution is 5.75. The summed E-state index contributed by atoms with van der Waals surface area (Å²) in [6, 6.07) is 0. The van der Waals surface area contributed by atoms with E-state index >= 15 is 0 Å². The fraction of sp³-hybridized carbons (Fsp3) is 0.667. The summed E-state index contributed by atoms with van der Waals surface area (Å²) >= 11 is 0. The first kappa shape index (κ1) is 9.59. The maximum absolute atomic E-state index is 9.60. The molecule has 0 saturated heterocycles. The minimum Gasteiger partial charge on any atom is -0.450 e. The van der Waals surface area contributed by atoms with Crippen LogP contribution in [0.2, 0.25) is 0 Å². The van der Waals surface area contributed by atoms with Gasteiger partial charge in [0.1, 0.15) is 0 Å². The Morgan fingerprint density at radius 3 is 2.29 bits per heavy atom. The van der Waals surface area contributed by atoms with Crippen LogP contribution in [0.15, 0.2) is 0 Å². The molecule has 0 spiro atoms. The molecule has 0 aromatic carbocycles. The highest BCUT2D eigenvalue weighted by Gasteiger charge is 1.82. The van der Waals surface area contributed by atoms with E-state index in [9.17, 15) is 4.79 Å². The monoisotopic (exact) mass is 100 g/mol. The summed E-state index contributed by atoms with van der Waals surface area (Å²) in [5.41, 5.74) is 4.54. The quantitative estimate of drug-likeness (QED) is 0.460. The average Bonchev–Trinajstić information content (AvgIpc) is 1.35. The van der Waals surface area contributed by atoms with Gasteiger partial charge in [0, 0.05) is 8.41 Å². The summed E-state index contributed by atoms with van der Waals surface area (Å²) in [6.07, 6.45) is -0.711. The Balaban J connectivity index is 0. The fourth-order valence-corrected chi connectivity index (χ4v) is 0.142. The molecule has 0 heterocycles. The van der Waals surface area contributed by atoms with E-state index < -0.39 is 6.09 Å². The van der Waals surface area contributed by atoms with Crippen LogP contribution < -0.4 is 5.73 Å². The van der Waals surface area contributed by atoms with Gasteiger partial charge in [-0.15, -0.1) is 0 Å². The molecule has 0 aliphatic rings. The third-order valence-corrected chi connectivity index (χ3v) is 0.287. The van der Waals surface area contributed by atoms with Crippen LogP contribution in [-0.2, 0) is 4.74 Å². The van der Waals surface area contributed by atoms with E-state index in [1.165, 1.54) is 0 Å². The number of nitrogens with two attached hydrogens (primary N) is 1. The summed E-state index contributed by atoms with van der Waals surface area (Å²) in [7, 11) is 0. The van der Waals surface area contributed by atoms with Crippen molar-refractivity contribution in [3.05, 3.63) is 0 Å². The smallest absolute Gasteiger partial charge is 0.404 e. The van der Waals surface area contributed by atoms with Gasteiger partial charge < -0.3 is 10.5 Å². The topological polar surface area (TPSA) is 52.3 Å². The Labute approximate surface area is 44.4 Å². The van der Waals surface area contributed by atoms with E-state index in [0.717, 1.165) is 0 Å². The largest absolute Gasteiger partial charge is 0.450 e. The second-order valence-electron chi connectivity index (χ2n) is 0.752. The zero-order valence-electron chi connectivity index (χ0n) is 4.18. The summed E-state index contributed by atoms with van der Waals surface area (Å²) < 4.78 is 4.18. The van der Waals surface area contributed by atoms with Crippen molar-refractivity contribution in [2.75, 3.05) is 6.61 Å². The number of hydrogen-bond donors (Lipinski definition) is 1. The Kier molecular flexibility index (Phi) is 7.31. The van der Waals surface area contributed by atoms with Crippen molar-refractivity contribution in [1.29, 1.82) is 0 Å². The molecule has 0 aromatic heterocycles. The van der Waals surface area contributed by atoms with Crippen LogP contribution in [0.25, 0.3) is 0 Å². The van der Waals surface area contributed by atoms with Crippen molar-refractivity contribution in [1.82, 2.24) is 0 Å². The number of amides is 1. The van der Waals surface area contributed by atoms with Gasteiger partial charge >= 0.3 is 6.09 Å². The molecule has 0 saturated carbocycles. The zero-order chi connectivity index (χ0) is 4.99. The summed E-state index contributed by atoms with van der Waals surface area (Å²) in [5, 5.41) is 0. The van der Waals surface area contributed by atoms with E-state index in [1.807, 2.05) is 0 Å². The molecule has 1 amide bonds. The van der Waals surface area contributed by atoms with Crippen LogP contribution in [0.3, 0.4) is 0 Å². The number of rotatable bonds is 1. The lowest BCUT2D eigenvalue weighted by atomic mass is 10.8. The van der Waals surface area contributed by atoms with Crippen LogP contribution in [-0.4, -0.2) is 21.1 Å². The van der Waals surface area contributed by atoms with Crippen molar-refractivity contribution in [3.8, 4) is 0 Å². The highest BCUT2D eigenvalue weighted by Crippen LogP contribution is 1.66. The number of carbonyl (C=O) groups excluding carboxylic acids is 1. The lowest BCUT2D eigenvalue weighted by molar-refractivity contribution is 0.163. The lowest BCUT2D eigenvalue weighted by Gasteiger charge is -1.89. The van der Waals surface area contributed by atoms with Crippen LogP contribution in [0, 0.1) is 0 Å². The maximum Gasteiger partial charge on any atom is 0.404 e. The summed E-state index contributed by atoms with van der Waals surface area (Å²) in [6.45, 7) is 2.06. The second kappa shape index (κ2) is 5.33. The number of ether oxygens (including phenoxy) is 1. The Bertz CT molecular complexity index is 56.9. The molecule has 2 N–H and O–H groups in total. The molecule has 3 nitrogen and oxygen atoms in total. The summed E-state index contributed by atoms with van der Waals surface area (Å²) in [4.78, 5) is 9.60. The first-order valence-corrected chi connectivity index (χ1v) is 1.69. The van der Waals surface area contributed by atoms with Crippen molar-refractivity contribution < 1.29 is 9.53 Å². The van der Waals surface area contributed by atoms with Crippen LogP contribution >= 0.6 is 0 Å². The van der Waals surface area contributed by atoms with E-state index in [2.05, 4.69) is 10.5 Å². The molecule has 7 heavy (non-hydrogen) atoms. The molecular formula is C3H7BNO2. The SMILES string of the molecule is CCOC(N)=O.[B]. The molecule has 4 heteroatoms. The summed E-state index contributed by atoms with van der Waals surface area (Å²) in [5.74, 6) is 0. The highest BCUT2D eigenvalue weighted by atomic mass is 16.5. The third kappa shape index (κ3) is 10.9. The Morgan fingerprint density at radius 1 is 1.86 bits per heavy atom. The van der Waals surface area contributed by atoms with Gasteiger partial charge in [-0.2, -0.15) is 0 Å². The zero-order valence-corrected chi connectivity index (χ0v) is 4.18. The van der Waals surface area contributed by atoms with E-state index in [4.69, 9.17) is 0 Å². The third-order valence-electron chi connectivity index (χ3n) is 0.287. The van der Waals surface area contributed by atoms with Crippen molar-refractivity contribution in [3.63, 3.8) is 0 Å². The molecule has 0 fully saturated rings. The van der Waals surface area contributed by atoms with Crippen molar-refractivity contribution in [2.45, 2.75) is 6.92 Å². The molecule has 0 unspecified atom stereocenters. The Morgan fingerprint density at radius 2 is 2.29 bits per heavy atom. The van der Waals surface area contributed by atoms with E-state index in [-0.39, 0.29) is 8.41 Å². The van der Waals surface area contributed by atoms with Gasteiger partial charge in [-0.1, -0.05) is 0 Å². The lowest BCUT2D eigenvalue weighted by Crippen LogP contribution is -2.11. The molecule has 0 aliphatic carbocycles. The average molecular weight is 99.9 g/mol. The molecule has 0 aliphatic heterocycles. The predicted octanol–water partition coefficient (Wildman–Crippen LogP) is -0.279. The van der Waals surface area contributed by atoms with Gasteiger partial charge in [0.25, 0.3) is 0 Å². The molecule has 39 valence electrons. The van der Waals surface area contributed by atoms with Crippen LogP contribution in [0.1, 0.15) is 6.92 Å². The molecule has 0 atom stereocenters. The standard InChI is InChI=1S/C3H7NO2.B/c1-2-6-3(4)5;/h2H2,1H3,(H2,4,5);. The first-order valence-electron chi connectivity index (χ1n) is 1.69. The number of hydrogen-bond acceptors (Lipinski definition) is 2. The van der Waals surface area contributed by atoms with E-state index in [1.54, 1.807) is 6.92 Å². The van der Waals surface area contributed by atoms with Gasteiger partial charge in [-0.3, -0.25) is 0 Å². The number of carbonyl (C=O) groups is 1. The van der Waals surface area contributed by atoms with Crippen molar-refractivity contribution >= 4 is 14.5 Å². The molecule has 3 radical (unpaired) electrons. The molecule has 0 rings (SSSR count). The second-order valence-corrected chi connectivity index (χ2v) is 0.752. The fourth-order valence-electron chi connectivity index (χ4n) is 0.142. The van der Waals surface area contributed by atoms with Crippen molar-refractivity contribution in [2.24, 2.45) is 5.73 Å². The molecule has 0 aromatic rings. The normalized spacial score (nSPS) is 6.43. The molecular weight excluding hydrogens is 92.8 g/mol. The maximum atomic E-state index is 9.60. The minimum atomic E-state index is -0.711. The van der Waals surface area contributed by atoms with Crippen LogP contribution in [0.4, 0.5) is 4.79 Å². The number of primary amides is 1. The van der Waals surface area contributed by atoms with Gasteiger partial charge in [0.2, 0.25) is 0 Å². The van der Waals surface area contributed by atoms with Gasteiger partial charge in [0.05, 0.1) is 6.61 Å².